The van der Waals surface area contributed by atoms with Gasteiger partial charge in [0.25, 0.3) is 0 Å². The minimum absolute atomic E-state index is 0.397. The van der Waals surface area contributed by atoms with E-state index in [1.807, 2.05) is 38.1 Å². The molecule has 0 aliphatic heterocycles. The molecule has 0 amide bonds. The molecule has 0 heterocycles. The number of aryl methyl sites for hydroxylation is 1. The fraction of sp³-hybridized carbons (Fsp3) is 0.278. The van der Waals surface area contributed by atoms with Crippen LogP contribution in [0, 0.1) is 6.92 Å². The number of ether oxygens (including phenoxy) is 3. The average Bonchev–Trinajstić information content (AvgIpc) is 2.54. The lowest BCUT2D eigenvalue weighted by molar-refractivity contribution is 0.0600. The molecular formula is C18H20O4. The molecule has 0 N–H and O–H groups in total. The molecule has 2 rings (SSSR count). The minimum Gasteiger partial charge on any atom is -0.490 e. The molecule has 0 aromatic heterocycles. The van der Waals surface area contributed by atoms with Crippen molar-refractivity contribution in [3.63, 3.8) is 0 Å². The molecule has 2 aromatic carbocycles. The molecule has 22 heavy (non-hydrogen) atoms. The van der Waals surface area contributed by atoms with E-state index in [9.17, 15) is 4.79 Å². The summed E-state index contributed by atoms with van der Waals surface area (Å²) in [5.41, 5.74) is 2.72. The van der Waals surface area contributed by atoms with Crippen LogP contribution in [0.1, 0.15) is 28.4 Å². The topological polar surface area (TPSA) is 44.8 Å². The number of hydrogen-bond donors (Lipinski definition) is 0. The Hall–Kier alpha value is -2.49. The fourth-order valence-electron chi connectivity index (χ4n) is 2.07. The largest absolute Gasteiger partial charge is 0.490 e. The first-order valence-corrected chi connectivity index (χ1v) is 7.18. The number of carbonyl (C=O) groups excluding carboxylic acids is 1. The molecule has 0 radical (unpaired) electrons. The maximum atomic E-state index is 11.6. The maximum absolute atomic E-state index is 11.6. The van der Waals surface area contributed by atoms with Crippen molar-refractivity contribution >= 4 is 5.97 Å². The number of rotatable bonds is 6. The number of hydrogen-bond acceptors (Lipinski definition) is 4. The summed E-state index contributed by atoms with van der Waals surface area (Å²) in [4.78, 5) is 11.6. The smallest absolute Gasteiger partial charge is 0.337 e. The van der Waals surface area contributed by atoms with Crippen LogP contribution in [0.5, 0.6) is 11.5 Å². The van der Waals surface area contributed by atoms with Crippen LogP contribution in [-0.2, 0) is 11.3 Å². The van der Waals surface area contributed by atoms with Crippen molar-refractivity contribution < 1.29 is 19.0 Å². The third-order valence-electron chi connectivity index (χ3n) is 3.31. The van der Waals surface area contributed by atoms with E-state index < -0.39 is 5.97 Å². The van der Waals surface area contributed by atoms with Gasteiger partial charge in [0.1, 0.15) is 6.61 Å². The summed E-state index contributed by atoms with van der Waals surface area (Å²) in [7, 11) is 1.35. The molecule has 116 valence electrons. The first-order valence-electron chi connectivity index (χ1n) is 7.18. The van der Waals surface area contributed by atoms with Gasteiger partial charge in [-0.3, -0.25) is 0 Å². The molecule has 0 fully saturated rings. The SMILES string of the molecule is CCOc1cc(C(=O)OC)ccc1OCc1ccccc1C. The van der Waals surface area contributed by atoms with Gasteiger partial charge in [0, 0.05) is 0 Å². The summed E-state index contributed by atoms with van der Waals surface area (Å²) < 4.78 is 16.1. The Morgan fingerprint density at radius 1 is 1.05 bits per heavy atom. The van der Waals surface area contributed by atoms with Crippen molar-refractivity contribution in [2.45, 2.75) is 20.5 Å². The van der Waals surface area contributed by atoms with Crippen LogP contribution >= 0.6 is 0 Å². The number of benzene rings is 2. The van der Waals surface area contributed by atoms with Crippen LogP contribution in [0.15, 0.2) is 42.5 Å². The van der Waals surface area contributed by atoms with E-state index >= 15 is 0 Å². The monoisotopic (exact) mass is 300 g/mol. The van der Waals surface area contributed by atoms with Gasteiger partial charge in [-0.2, -0.15) is 0 Å². The molecule has 0 unspecified atom stereocenters. The average molecular weight is 300 g/mol. The summed E-state index contributed by atoms with van der Waals surface area (Å²) in [5, 5.41) is 0. The second-order valence-corrected chi connectivity index (χ2v) is 4.80. The summed E-state index contributed by atoms with van der Waals surface area (Å²) >= 11 is 0. The quantitative estimate of drug-likeness (QED) is 0.762. The fourth-order valence-corrected chi connectivity index (χ4v) is 2.07. The van der Waals surface area contributed by atoms with E-state index in [1.165, 1.54) is 12.7 Å². The summed E-state index contributed by atoms with van der Waals surface area (Å²) in [5.74, 6) is 0.753. The van der Waals surface area contributed by atoms with Crippen molar-refractivity contribution in [1.82, 2.24) is 0 Å². The zero-order valence-electron chi connectivity index (χ0n) is 13.1. The van der Waals surface area contributed by atoms with Gasteiger partial charge in [0.05, 0.1) is 19.3 Å². The van der Waals surface area contributed by atoms with E-state index in [4.69, 9.17) is 14.2 Å². The van der Waals surface area contributed by atoms with Gasteiger partial charge in [0.2, 0.25) is 0 Å². The first kappa shape index (κ1) is 15.9. The molecule has 0 bridgehead atoms. The highest BCUT2D eigenvalue weighted by Crippen LogP contribution is 2.29. The molecule has 0 spiro atoms. The van der Waals surface area contributed by atoms with E-state index in [2.05, 4.69) is 0 Å². The molecule has 0 saturated heterocycles. The van der Waals surface area contributed by atoms with Crippen molar-refractivity contribution in [1.29, 1.82) is 0 Å². The van der Waals surface area contributed by atoms with Crippen molar-refractivity contribution in [2.24, 2.45) is 0 Å². The predicted octanol–water partition coefficient (Wildman–Crippen LogP) is 3.76. The molecule has 0 saturated carbocycles. The maximum Gasteiger partial charge on any atom is 0.337 e. The second kappa shape index (κ2) is 7.50. The molecular weight excluding hydrogens is 280 g/mol. The molecule has 4 nitrogen and oxygen atoms in total. The van der Waals surface area contributed by atoms with Gasteiger partial charge in [0.15, 0.2) is 11.5 Å². The van der Waals surface area contributed by atoms with Gasteiger partial charge in [-0.25, -0.2) is 4.79 Å². The third-order valence-corrected chi connectivity index (χ3v) is 3.31. The lowest BCUT2D eigenvalue weighted by Gasteiger charge is -2.14. The van der Waals surface area contributed by atoms with E-state index in [0.29, 0.717) is 30.3 Å². The third kappa shape index (κ3) is 3.79. The summed E-state index contributed by atoms with van der Waals surface area (Å²) in [6.45, 7) is 4.87. The summed E-state index contributed by atoms with van der Waals surface area (Å²) in [6.07, 6.45) is 0. The Morgan fingerprint density at radius 2 is 1.82 bits per heavy atom. The molecule has 0 aliphatic rings. The highest BCUT2D eigenvalue weighted by Gasteiger charge is 2.12. The van der Waals surface area contributed by atoms with Crippen LogP contribution in [0.2, 0.25) is 0 Å². The number of methoxy groups -OCH3 is 1. The Kier molecular flexibility index (Phi) is 5.42. The Labute approximate surface area is 130 Å². The molecule has 4 heteroatoms. The van der Waals surface area contributed by atoms with E-state index in [0.717, 1.165) is 5.56 Å². The molecule has 0 aliphatic carbocycles. The normalized spacial score (nSPS) is 10.1. The van der Waals surface area contributed by atoms with Crippen molar-refractivity contribution in [3.8, 4) is 11.5 Å². The van der Waals surface area contributed by atoms with Crippen LogP contribution in [0.3, 0.4) is 0 Å². The summed E-state index contributed by atoms with van der Waals surface area (Å²) in [6, 6.07) is 13.1. The minimum atomic E-state index is -0.397. The Balaban J connectivity index is 2.19. The van der Waals surface area contributed by atoms with E-state index in [1.54, 1.807) is 18.2 Å². The van der Waals surface area contributed by atoms with Crippen LogP contribution in [0.25, 0.3) is 0 Å². The molecule has 0 atom stereocenters. The Bertz CT molecular complexity index is 649. The predicted molar refractivity (Wildman–Crippen MR) is 84.5 cm³/mol. The van der Waals surface area contributed by atoms with Gasteiger partial charge >= 0.3 is 5.97 Å². The first-order chi connectivity index (χ1) is 10.7. The lowest BCUT2D eigenvalue weighted by Crippen LogP contribution is -2.04. The van der Waals surface area contributed by atoms with Gasteiger partial charge in [-0.1, -0.05) is 24.3 Å². The van der Waals surface area contributed by atoms with Gasteiger partial charge in [-0.15, -0.1) is 0 Å². The van der Waals surface area contributed by atoms with Gasteiger partial charge in [-0.05, 0) is 43.2 Å². The van der Waals surface area contributed by atoms with Crippen LogP contribution in [0.4, 0.5) is 0 Å². The molecule has 2 aromatic rings. The second-order valence-electron chi connectivity index (χ2n) is 4.80. The number of esters is 1. The van der Waals surface area contributed by atoms with Crippen molar-refractivity contribution in [3.05, 3.63) is 59.2 Å². The van der Waals surface area contributed by atoms with Gasteiger partial charge < -0.3 is 14.2 Å². The highest BCUT2D eigenvalue weighted by molar-refractivity contribution is 5.90. The van der Waals surface area contributed by atoms with E-state index in [-0.39, 0.29) is 0 Å². The van der Waals surface area contributed by atoms with Crippen molar-refractivity contribution in [2.75, 3.05) is 13.7 Å². The van der Waals surface area contributed by atoms with Crippen LogP contribution < -0.4 is 9.47 Å². The number of carbonyl (C=O) groups is 1. The highest BCUT2D eigenvalue weighted by atomic mass is 16.5. The lowest BCUT2D eigenvalue weighted by atomic mass is 10.1. The standard InChI is InChI=1S/C18H20O4/c1-4-21-17-11-14(18(19)20-3)9-10-16(17)22-12-15-8-6-5-7-13(15)2/h5-11H,4,12H2,1-3H3. The Morgan fingerprint density at radius 3 is 2.50 bits per heavy atom. The van der Waals surface area contributed by atoms with Crippen LogP contribution in [-0.4, -0.2) is 19.7 Å². The zero-order valence-corrected chi connectivity index (χ0v) is 13.1. The zero-order chi connectivity index (χ0) is 15.9.